The zero-order chi connectivity index (χ0) is 17.9. The summed E-state index contributed by atoms with van der Waals surface area (Å²) in [6, 6.07) is 10.2. The second kappa shape index (κ2) is 7.21. The maximum atomic E-state index is 13.1. The van der Waals surface area contributed by atoms with Crippen LogP contribution >= 0.6 is 0 Å². The van der Waals surface area contributed by atoms with Gasteiger partial charge in [-0.2, -0.15) is 0 Å². The molecule has 2 rings (SSSR count). The Morgan fingerprint density at radius 1 is 1.12 bits per heavy atom. The predicted molar refractivity (Wildman–Crippen MR) is 93.5 cm³/mol. The average Bonchev–Trinajstić information content (AvgIpc) is 2.53. The number of sulfonamides is 1. The summed E-state index contributed by atoms with van der Waals surface area (Å²) in [6.45, 7) is 6.06. The van der Waals surface area contributed by atoms with Gasteiger partial charge in [-0.25, -0.2) is 12.8 Å². The molecule has 0 N–H and O–H groups in total. The van der Waals surface area contributed by atoms with Crippen LogP contribution in [0.25, 0.3) is 0 Å². The van der Waals surface area contributed by atoms with Crippen molar-refractivity contribution in [2.24, 2.45) is 5.92 Å². The second-order valence-corrected chi connectivity index (χ2v) is 7.90. The van der Waals surface area contributed by atoms with Crippen LogP contribution in [0.2, 0.25) is 0 Å². The van der Waals surface area contributed by atoms with E-state index < -0.39 is 15.8 Å². The first-order valence-electron chi connectivity index (χ1n) is 7.68. The number of ether oxygens (including phenoxy) is 1. The smallest absolute Gasteiger partial charge is 0.264 e. The number of hydrogen-bond acceptors (Lipinski definition) is 3. The highest BCUT2D eigenvalue weighted by Gasteiger charge is 2.27. The molecule has 0 saturated carbocycles. The van der Waals surface area contributed by atoms with E-state index in [0.29, 0.717) is 18.0 Å². The Morgan fingerprint density at radius 2 is 1.75 bits per heavy atom. The zero-order valence-corrected chi connectivity index (χ0v) is 15.1. The molecule has 24 heavy (non-hydrogen) atoms. The highest BCUT2D eigenvalue weighted by Crippen LogP contribution is 2.31. The molecule has 4 nitrogen and oxygen atoms in total. The molecular weight excluding hydrogens is 329 g/mol. The van der Waals surface area contributed by atoms with Crippen LogP contribution in [-0.4, -0.2) is 22.1 Å². The molecule has 0 spiro atoms. The van der Waals surface area contributed by atoms with Gasteiger partial charge in [0.05, 0.1) is 17.7 Å². The lowest BCUT2D eigenvalue weighted by Gasteiger charge is -2.28. The highest BCUT2D eigenvalue weighted by atomic mass is 32.2. The molecule has 0 unspecified atom stereocenters. The molecule has 130 valence electrons. The Balaban J connectivity index is 2.58. The quantitative estimate of drug-likeness (QED) is 0.790. The van der Waals surface area contributed by atoms with Gasteiger partial charge < -0.3 is 4.74 Å². The van der Waals surface area contributed by atoms with Crippen molar-refractivity contribution in [2.45, 2.75) is 25.7 Å². The summed E-state index contributed by atoms with van der Waals surface area (Å²) in [5.41, 5.74) is 1.38. The molecule has 2 aromatic carbocycles. The van der Waals surface area contributed by atoms with E-state index in [0.717, 1.165) is 17.7 Å². The summed E-state index contributed by atoms with van der Waals surface area (Å²) in [6.07, 6.45) is 0. The molecule has 0 radical (unpaired) electrons. The van der Waals surface area contributed by atoms with E-state index in [2.05, 4.69) is 0 Å². The van der Waals surface area contributed by atoms with E-state index in [1.807, 2.05) is 26.8 Å². The Labute approximate surface area is 142 Å². The number of aryl methyl sites for hydroxylation is 1. The average molecular weight is 351 g/mol. The lowest BCUT2D eigenvalue weighted by Crippen LogP contribution is -2.34. The van der Waals surface area contributed by atoms with Gasteiger partial charge in [-0.05, 0) is 48.7 Å². The van der Waals surface area contributed by atoms with E-state index in [-0.39, 0.29) is 10.8 Å². The third-order valence-corrected chi connectivity index (χ3v) is 5.41. The molecule has 0 aliphatic carbocycles. The number of methoxy groups -OCH3 is 1. The van der Waals surface area contributed by atoms with Crippen LogP contribution in [0, 0.1) is 18.7 Å². The molecule has 0 saturated heterocycles. The number of hydrogen-bond donors (Lipinski definition) is 0. The molecule has 0 amide bonds. The van der Waals surface area contributed by atoms with Crippen LogP contribution in [-0.2, 0) is 10.0 Å². The van der Waals surface area contributed by atoms with E-state index in [1.165, 1.54) is 23.5 Å². The molecular formula is C18H22FNO3S. The van der Waals surface area contributed by atoms with Crippen LogP contribution in [0.15, 0.2) is 47.4 Å². The molecule has 2 aromatic rings. The van der Waals surface area contributed by atoms with Crippen LogP contribution in [0.1, 0.15) is 19.4 Å². The second-order valence-electron chi connectivity index (χ2n) is 6.04. The maximum Gasteiger partial charge on any atom is 0.264 e. The standard InChI is InChI=1S/C18H22FNO3S/c1-13(2)12-20(18-11-16(23-4)8-5-14(18)3)24(21,22)17-9-6-15(19)7-10-17/h5-11,13H,12H2,1-4H3. The maximum absolute atomic E-state index is 13.1. The summed E-state index contributed by atoms with van der Waals surface area (Å²) in [7, 11) is -2.26. The minimum atomic E-state index is -3.80. The number of anilines is 1. The fourth-order valence-electron chi connectivity index (χ4n) is 2.38. The van der Waals surface area contributed by atoms with Gasteiger partial charge in [0.15, 0.2) is 0 Å². The molecule has 0 bridgehead atoms. The van der Waals surface area contributed by atoms with Gasteiger partial charge in [-0.3, -0.25) is 4.31 Å². The van der Waals surface area contributed by atoms with Crippen molar-refractivity contribution >= 4 is 15.7 Å². The van der Waals surface area contributed by atoms with Gasteiger partial charge in [0, 0.05) is 12.6 Å². The lowest BCUT2D eigenvalue weighted by molar-refractivity contribution is 0.414. The van der Waals surface area contributed by atoms with Crippen molar-refractivity contribution in [3.05, 3.63) is 53.8 Å². The molecule has 0 atom stereocenters. The number of halogens is 1. The van der Waals surface area contributed by atoms with Crippen molar-refractivity contribution in [3.8, 4) is 5.75 Å². The Bertz CT molecular complexity index is 802. The largest absolute Gasteiger partial charge is 0.497 e. The SMILES string of the molecule is COc1ccc(C)c(N(CC(C)C)S(=O)(=O)c2ccc(F)cc2)c1. The van der Waals surface area contributed by atoms with Crippen molar-refractivity contribution < 1.29 is 17.5 Å². The summed E-state index contributed by atoms with van der Waals surface area (Å²) < 4.78 is 45.9. The number of rotatable bonds is 6. The summed E-state index contributed by atoms with van der Waals surface area (Å²) in [4.78, 5) is 0.0618. The first-order chi connectivity index (χ1) is 11.3. The van der Waals surface area contributed by atoms with Gasteiger partial charge in [0.2, 0.25) is 0 Å². The van der Waals surface area contributed by atoms with Crippen LogP contribution in [0.3, 0.4) is 0 Å². The van der Waals surface area contributed by atoms with E-state index >= 15 is 0 Å². The molecule has 0 fully saturated rings. The summed E-state index contributed by atoms with van der Waals surface area (Å²) >= 11 is 0. The number of benzene rings is 2. The summed E-state index contributed by atoms with van der Waals surface area (Å²) in [5, 5.41) is 0. The van der Waals surface area contributed by atoms with Crippen molar-refractivity contribution in [1.29, 1.82) is 0 Å². The lowest BCUT2D eigenvalue weighted by atomic mass is 10.1. The van der Waals surface area contributed by atoms with Gasteiger partial charge in [-0.15, -0.1) is 0 Å². The van der Waals surface area contributed by atoms with Gasteiger partial charge in [0.1, 0.15) is 11.6 Å². The first-order valence-corrected chi connectivity index (χ1v) is 9.12. The third-order valence-electron chi connectivity index (χ3n) is 3.62. The zero-order valence-electron chi connectivity index (χ0n) is 14.3. The van der Waals surface area contributed by atoms with Crippen molar-refractivity contribution in [3.63, 3.8) is 0 Å². The van der Waals surface area contributed by atoms with Gasteiger partial charge in [0.25, 0.3) is 10.0 Å². The van der Waals surface area contributed by atoms with Crippen LogP contribution < -0.4 is 9.04 Å². The predicted octanol–water partition coefficient (Wildman–Crippen LogP) is 3.99. The van der Waals surface area contributed by atoms with Gasteiger partial charge in [-0.1, -0.05) is 19.9 Å². The van der Waals surface area contributed by atoms with E-state index in [4.69, 9.17) is 4.74 Å². The fraction of sp³-hybridized carbons (Fsp3) is 0.333. The molecule has 0 aromatic heterocycles. The molecule has 0 aliphatic heterocycles. The minimum Gasteiger partial charge on any atom is -0.497 e. The third kappa shape index (κ3) is 3.87. The van der Waals surface area contributed by atoms with Gasteiger partial charge >= 0.3 is 0 Å². The Hall–Kier alpha value is -2.08. The minimum absolute atomic E-state index is 0.0618. The van der Waals surface area contributed by atoms with Crippen molar-refractivity contribution in [1.82, 2.24) is 0 Å². The highest BCUT2D eigenvalue weighted by molar-refractivity contribution is 7.92. The normalized spacial score (nSPS) is 11.6. The monoisotopic (exact) mass is 351 g/mol. The Morgan fingerprint density at radius 3 is 2.29 bits per heavy atom. The molecule has 0 aliphatic rings. The van der Waals surface area contributed by atoms with E-state index in [9.17, 15) is 12.8 Å². The topological polar surface area (TPSA) is 46.6 Å². The molecule has 0 heterocycles. The Kier molecular flexibility index (Phi) is 5.49. The van der Waals surface area contributed by atoms with E-state index in [1.54, 1.807) is 12.1 Å². The number of nitrogens with zero attached hydrogens (tertiary/aromatic N) is 1. The summed E-state index contributed by atoms with van der Waals surface area (Å²) in [5.74, 6) is 0.228. The first kappa shape index (κ1) is 18.3. The fourth-order valence-corrected chi connectivity index (χ4v) is 4.06. The van der Waals surface area contributed by atoms with Crippen molar-refractivity contribution in [2.75, 3.05) is 18.0 Å². The van der Waals surface area contributed by atoms with Crippen LogP contribution in [0.4, 0.5) is 10.1 Å². The van der Waals surface area contributed by atoms with Crippen LogP contribution in [0.5, 0.6) is 5.75 Å². The molecule has 6 heteroatoms.